The van der Waals surface area contributed by atoms with Crippen LogP contribution in [0.4, 0.5) is 0 Å². The van der Waals surface area contributed by atoms with Gasteiger partial charge in [-0.15, -0.1) is 0 Å². The van der Waals surface area contributed by atoms with Crippen LogP contribution in [0.3, 0.4) is 0 Å². The Labute approximate surface area is 142 Å². The summed E-state index contributed by atoms with van der Waals surface area (Å²) in [5, 5.41) is 9.67. The molecule has 0 aliphatic carbocycles. The van der Waals surface area contributed by atoms with E-state index in [0.717, 1.165) is 19.3 Å². The van der Waals surface area contributed by atoms with Crippen LogP contribution in [0, 0.1) is 0 Å². The maximum atomic E-state index is 12.4. The lowest BCUT2D eigenvalue weighted by Gasteiger charge is -2.38. The zero-order chi connectivity index (χ0) is 16.9. The number of hydrogen-bond acceptors (Lipinski definition) is 3. The number of carboxylic acid groups (broad SMARTS) is 1. The molecule has 0 aromatic heterocycles. The van der Waals surface area contributed by atoms with E-state index in [9.17, 15) is 14.7 Å². The Hall–Kier alpha value is -1.29. The Kier molecular flexibility index (Phi) is 6.28. The van der Waals surface area contributed by atoms with Crippen LogP contribution >= 0.6 is 11.8 Å². The van der Waals surface area contributed by atoms with E-state index in [0.29, 0.717) is 11.1 Å². The molecule has 126 valence electrons. The Morgan fingerprint density at radius 1 is 1.17 bits per heavy atom. The van der Waals surface area contributed by atoms with Crippen molar-refractivity contribution < 1.29 is 14.7 Å². The summed E-state index contributed by atoms with van der Waals surface area (Å²) >= 11 is 1.21. The van der Waals surface area contributed by atoms with Gasteiger partial charge in [0.15, 0.2) is 0 Å². The standard InChI is InChI=1S/C19H26O3S/c1-3-4-5-6-7-8-13-16-19(2,18(21)22)15-12-10-9-11-14(15)17(20)23-16/h9-12,16H,3-8,13H2,1-2H3,(H,21,22). The van der Waals surface area contributed by atoms with Gasteiger partial charge in [0.2, 0.25) is 5.12 Å². The van der Waals surface area contributed by atoms with E-state index >= 15 is 0 Å². The molecule has 1 N–H and O–H groups in total. The van der Waals surface area contributed by atoms with Crippen LogP contribution < -0.4 is 0 Å². The molecule has 1 aliphatic rings. The largest absolute Gasteiger partial charge is 0.481 e. The quantitative estimate of drug-likeness (QED) is 0.677. The molecular formula is C19H26O3S. The van der Waals surface area contributed by atoms with Crippen LogP contribution in [0.15, 0.2) is 24.3 Å². The third kappa shape index (κ3) is 3.79. The van der Waals surface area contributed by atoms with Crippen molar-refractivity contribution in [3.8, 4) is 0 Å². The van der Waals surface area contributed by atoms with E-state index in [1.165, 1.54) is 37.4 Å². The maximum absolute atomic E-state index is 12.4. The first-order valence-electron chi connectivity index (χ1n) is 8.55. The van der Waals surface area contributed by atoms with Gasteiger partial charge < -0.3 is 5.11 Å². The Morgan fingerprint density at radius 3 is 2.52 bits per heavy atom. The predicted molar refractivity (Wildman–Crippen MR) is 95.1 cm³/mol. The number of carbonyl (C=O) groups excluding carboxylic acids is 1. The van der Waals surface area contributed by atoms with Crippen LogP contribution in [0.5, 0.6) is 0 Å². The van der Waals surface area contributed by atoms with Gasteiger partial charge in [-0.1, -0.05) is 81.5 Å². The molecule has 0 fully saturated rings. The zero-order valence-corrected chi connectivity index (χ0v) is 14.8. The number of unbranched alkanes of at least 4 members (excludes halogenated alkanes) is 5. The third-order valence-electron chi connectivity index (χ3n) is 4.86. The lowest BCUT2D eigenvalue weighted by Crippen LogP contribution is -2.46. The van der Waals surface area contributed by atoms with Crippen LogP contribution in [-0.2, 0) is 10.2 Å². The van der Waals surface area contributed by atoms with Gasteiger partial charge in [0.25, 0.3) is 0 Å². The summed E-state index contributed by atoms with van der Waals surface area (Å²) in [4.78, 5) is 24.4. The average molecular weight is 334 g/mol. The van der Waals surface area contributed by atoms with Crippen LogP contribution in [0.1, 0.15) is 74.7 Å². The highest BCUT2D eigenvalue weighted by molar-refractivity contribution is 8.14. The molecule has 0 radical (unpaired) electrons. The Balaban J connectivity index is 2.10. The fourth-order valence-corrected chi connectivity index (χ4v) is 4.62. The fraction of sp³-hybridized carbons (Fsp3) is 0.579. The number of aliphatic carboxylic acids is 1. The molecule has 1 heterocycles. The summed E-state index contributed by atoms with van der Waals surface area (Å²) in [6.45, 7) is 3.97. The second kappa shape index (κ2) is 8.00. The van der Waals surface area contributed by atoms with Gasteiger partial charge in [0, 0.05) is 10.8 Å². The van der Waals surface area contributed by atoms with E-state index in [2.05, 4.69) is 6.92 Å². The van der Waals surface area contributed by atoms with Gasteiger partial charge in [-0.2, -0.15) is 0 Å². The van der Waals surface area contributed by atoms with Gasteiger partial charge >= 0.3 is 5.97 Å². The molecule has 0 spiro atoms. The summed E-state index contributed by atoms with van der Waals surface area (Å²) in [6, 6.07) is 7.17. The number of hydrogen-bond donors (Lipinski definition) is 1. The molecule has 0 saturated heterocycles. The van der Waals surface area contributed by atoms with Crippen molar-refractivity contribution in [2.75, 3.05) is 0 Å². The van der Waals surface area contributed by atoms with Crippen molar-refractivity contribution in [1.82, 2.24) is 0 Å². The van der Waals surface area contributed by atoms with Crippen molar-refractivity contribution in [2.24, 2.45) is 0 Å². The van der Waals surface area contributed by atoms with Gasteiger partial charge in [-0.3, -0.25) is 9.59 Å². The normalized spacial score (nSPS) is 23.6. The van der Waals surface area contributed by atoms with E-state index in [1.807, 2.05) is 6.07 Å². The van der Waals surface area contributed by atoms with Gasteiger partial charge in [-0.25, -0.2) is 0 Å². The van der Waals surface area contributed by atoms with Crippen molar-refractivity contribution >= 4 is 22.8 Å². The highest BCUT2D eigenvalue weighted by atomic mass is 32.2. The molecule has 2 atom stereocenters. The lowest BCUT2D eigenvalue weighted by molar-refractivity contribution is -0.143. The first-order chi connectivity index (χ1) is 11.0. The minimum absolute atomic E-state index is 0.00954. The minimum atomic E-state index is -0.988. The molecular weight excluding hydrogens is 308 g/mol. The smallest absolute Gasteiger partial charge is 0.315 e. The number of thioether (sulfide) groups is 1. The second-order valence-electron chi connectivity index (χ2n) is 6.50. The second-order valence-corrected chi connectivity index (χ2v) is 7.68. The van der Waals surface area contributed by atoms with Crippen LogP contribution in [-0.4, -0.2) is 21.4 Å². The molecule has 0 amide bonds. The minimum Gasteiger partial charge on any atom is -0.481 e. The highest BCUT2D eigenvalue weighted by Crippen LogP contribution is 2.45. The van der Waals surface area contributed by atoms with Crippen LogP contribution in [0.25, 0.3) is 0 Å². The molecule has 1 aliphatic heterocycles. The fourth-order valence-electron chi connectivity index (χ4n) is 3.31. The number of fused-ring (bicyclic) bond motifs is 1. The van der Waals surface area contributed by atoms with Crippen LogP contribution in [0.2, 0.25) is 0 Å². The van der Waals surface area contributed by atoms with E-state index in [1.54, 1.807) is 25.1 Å². The molecule has 0 bridgehead atoms. The third-order valence-corrected chi connectivity index (χ3v) is 6.29. The summed E-state index contributed by atoms with van der Waals surface area (Å²) in [5.41, 5.74) is 0.243. The molecule has 2 unspecified atom stereocenters. The topological polar surface area (TPSA) is 54.4 Å². The SMILES string of the molecule is CCCCCCCCC1SC(=O)c2ccccc2C1(C)C(=O)O. The van der Waals surface area contributed by atoms with E-state index < -0.39 is 11.4 Å². The number of carboxylic acids is 1. The summed E-state index contributed by atoms with van der Waals surface area (Å²) in [6.07, 6.45) is 7.80. The van der Waals surface area contributed by atoms with E-state index in [-0.39, 0.29) is 10.4 Å². The highest BCUT2D eigenvalue weighted by Gasteiger charge is 2.49. The number of rotatable bonds is 8. The lowest BCUT2D eigenvalue weighted by atomic mass is 9.75. The van der Waals surface area contributed by atoms with Gasteiger partial charge in [0.1, 0.15) is 5.41 Å². The first-order valence-corrected chi connectivity index (χ1v) is 9.43. The molecule has 23 heavy (non-hydrogen) atoms. The molecule has 0 saturated carbocycles. The first kappa shape index (κ1) is 18.1. The van der Waals surface area contributed by atoms with Crippen molar-refractivity contribution in [1.29, 1.82) is 0 Å². The molecule has 4 heteroatoms. The van der Waals surface area contributed by atoms with Crippen molar-refractivity contribution in [3.05, 3.63) is 35.4 Å². The average Bonchev–Trinajstić information content (AvgIpc) is 2.55. The maximum Gasteiger partial charge on any atom is 0.315 e. The summed E-state index contributed by atoms with van der Waals surface area (Å²) < 4.78 is 0. The molecule has 3 nitrogen and oxygen atoms in total. The van der Waals surface area contributed by atoms with E-state index in [4.69, 9.17) is 0 Å². The number of carbonyl (C=O) groups is 2. The predicted octanol–water partition coefficient (Wildman–Crippen LogP) is 5.04. The molecule has 2 rings (SSSR count). The van der Waals surface area contributed by atoms with Gasteiger partial charge in [0.05, 0.1) is 0 Å². The number of benzene rings is 1. The molecule has 1 aromatic rings. The van der Waals surface area contributed by atoms with Crippen molar-refractivity contribution in [2.45, 2.75) is 69.5 Å². The zero-order valence-electron chi connectivity index (χ0n) is 14.0. The van der Waals surface area contributed by atoms with Crippen molar-refractivity contribution in [3.63, 3.8) is 0 Å². The van der Waals surface area contributed by atoms with Gasteiger partial charge in [-0.05, 0) is 18.9 Å². The molecule has 1 aromatic carbocycles. The monoisotopic (exact) mass is 334 g/mol. The summed E-state index contributed by atoms with van der Waals surface area (Å²) in [5.74, 6) is -0.832. The Morgan fingerprint density at radius 2 is 1.83 bits per heavy atom. The summed E-state index contributed by atoms with van der Waals surface area (Å²) in [7, 11) is 0. The Bertz CT molecular complexity index is 569.